The second-order valence-corrected chi connectivity index (χ2v) is 4.55. The Morgan fingerprint density at radius 2 is 2.00 bits per heavy atom. The third-order valence-electron chi connectivity index (χ3n) is 3.12. The van der Waals surface area contributed by atoms with Crippen molar-refractivity contribution in [3.8, 4) is 11.3 Å². The highest BCUT2D eigenvalue weighted by Gasteiger charge is 2.05. The summed E-state index contributed by atoms with van der Waals surface area (Å²) < 4.78 is 1.50. The SMILES string of the molecule is CCCn1nc(-c2ccc(CC)c(N)c2)ccc1=O. The lowest BCUT2D eigenvalue weighted by atomic mass is 10.1. The molecule has 0 atom stereocenters. The Hall–Kier alpha value is -2.10. The van der Waals surface area contributed by atoms with Crippen LogP contribution in [0.5, 0.6) is 0 Å². The maximum Gasteiger partial charge on any atom is 0.266 e. The average Bonchev–Trinajstić information content (AvgIpc) is 2.41. The third kappa shape index (κ3) is 2.84. The number of aryl methyl sites for hydroxylation is 2. The zero-order valence-corrected chi connectivity index (χ0v) is 11.4. The molecule has 1 aromatic heterocycles. The standard InChI is InChI=1S/C15H19N3O/c1-3-9-18-15(19)8-7-14(17-18)12-6-5-11(4-2)13(16)10-12/h5-8,10H,3-4,9,16H2,1-2H3. The molecule has 1 heterocycles. The van der Waals surface area contributed by atoms with Gasteiger partial charge in [0.05, 0.1) is 5.69 Å². The van der Waals surface area contributed by atoms with E-state index >= 15 is 0 Å². The van der Waals surface area contributed by atoms with Gasteiger partial charge in [-0.15, -0.1) is 0 Å². The molecule has 2 N–H and O–H groups in total. The molecule has 0 aliphatic rings. The first-order valence-corrected chi connectivity index (χ1v) is 6.62. The summed E-state index contributed by atoms with van der Waals surface area (Å²) in [6.07, 6.45) is 1.79. The van der Waals surface area contributed by atoms with Crippen LogP contribution < -0.4 is 11.3 Å². The molecule has 0 spiro atoms. The average molecular weight is 257 g/mol. The van der Waals surface area contributed by atoms with Crippen LogP contribution in [0.4, 0.5) is 5.69 Å². The summed E-state index contributed by atoms with van der Waals surface area (Å²) in [6.45, 7) is 4.73. The molecule has 0 aliphatic carbocycles. The minimum absolute atomic E-state index is 0.0660. The Morgan fingerprint density at radius 1 is 1.21 bits per heavy atom. The van der Waals surface area contributed by atoms with E-state index in [-0.39, 0.29) is 5.56 Å². The Labute approximate surface area is 112 Å². The van der Waals surface area contributed by atoms with Crippen LogP contribution in [-0.2, 0) is 13.0 Å². The van der Waals surface area contributed by atoms with E-state index < -0.39 is 0 Å². The molecule has 2 rings (SSSR count). The fraction of sp³-hybridized carbons (Fsp3) is 0.333. The smallest absolute Gasteiger partial charge is 0.266 e. The van der Waals surface area contributed by atoms with Gasteiger partial charge in [0.2, 0.25) is 0 Å². The summed E-state index contributed by atoms with van der Waals surface area (Å²) in [5.41, 5.74) is 9.56. The number of aromatic nitrogens is 2. The van der Waals surface area contributed by atoms with Gasteiger partial charge in [-0.3, -0.25) is 4.79 Å². The van der Waals surface area contributed by atoms with Gasteiger partial charge in [-0.25, -0.2) is 4.68 Å². The van der Waals surface area contributed by atoms with E-state index in [0.717, 1.165) is 35.3 Å². The molecule has 0 saturated carbocycles. The first-order valence-electron chi connectivity index (χ1n) is 6.62. The Morgan fingerprint density at radius 3 is 2.63 bits per heavy atom. The first-order chi connectivity index (χ1) is 9.15. The number of benzene rings is 1. The van der Waals surface area contributed by atoms with E-state index in [0.29, 0.717) is 6.54 Å². The van der Waals surface area contributed by atoms with Crippen LogP contribution >= 0.6 is 0 Å². The molecule has 19 heavy (non-hydrogen) atoms. The number of nitrogens with zero attached hydrogens (tertiary/aromatic N) is 2. The molecule has 0 amide bonds. The van der Waals surface area contributed by atoms with Gasteiger partial charge in [0.25, 0.3) is 5.56 Å². The van der Waals surface area contributed by atoms with Crippen LogP contribution in [0.15, 0.2) is 35.1 Å². The van der Waals surface area contributed by atoms with Crippen molar-refractivity contribution in [1.82, 2.24) is 9.78 Å². The van der Waals surface area contributed by atoms with Crippen LogP contribution in [0.1, 0.15) is 25.8 Å². The zero-order chi connectivity index (χ0) is 13.8. The zero-order valence-electron chi connectivity index (χ0n) is 11.4. The first kappa shape index (κ1) is 13.3. The summed E-state index contributed by atoms with van der Waals surface area (Å²) >= 11 is 0. The molecule has 0 bridgehead atoms. The van der Waals surface area contributed by atoms with Crippen molar-refractivity contribution in [3.05, 3.63) is 46.2 Å². The van der Waals surface area contributed by atoms with E-state index in [1.807, 2.05) is 25.1 Å². The minimum atomic E-state index is -0.0660. The van der Waals surface area contributed by atoms with Gasteiger partial charge >= 0.3 is 0 Å². The highest BCUT2D eigenvalue weighted by molar-refractivity contribution is 5.65. The van der Waals surface area contributed by atoms with Crippen molar-refractivity contribution >= 4 is 5.69 Å². The summed E-state index contributed by atoms with van der Waals surface area (Å²) in [4.78, 5) is 11.6. The van der Waals surface area contributed by atoms with Crippen LogP contribution in [0.3, 0.4) is 0 Å². The van der Waals surface area contributed by atoms with Gasteiger partial charge in [-0.1, -0.05) is 26.0 Å². The number of hydrogen-bond donors (Lipinski definition) is 1. The molecular formula is C15H19N3O. The van der Waals surface area contributed by atoms with Crippen LogP contribution in [0.25, 0.3) is 11.3 Å². The normalized spacial score (nSPS) is 10.6. The van der Waals surface area contributed by atoms with Gasteiger partial charge in [0, 0.05) is 23.9 Å². The van der Waals surface area contributed by atoms with E-state index in [4.69, 9.17) is 5.73 Å². The summed E-state index contributed by atoms with van der Waals surface area (Å²) in [5, 5.41) is 4.38. The fourth-order valence-electron chi connectivity index (χ4n) is 2.05. The molecule has 0 aliphatic heterocycles. The molecule has 4 heteroatoms. The molecule has 0 fully saturated rings. The van der Waals surface area contributed by atoms with Gasteiger partial charge in [-0.05, 0) is 30.5 Å². The molecule has 2 aromatic rings. The number of rotatable bonds is 4. The molecule has 1 aromatic carbocycles. The highest BCUT2D eigenvalue weighted by atomic mass is 16.1. The summed E-state index contributed by atoms with van der Waals surface area (Å²) in [5.74, 6) is 0. The van der Waals surface area contributed by atoms with Crippen molar-refractivity contribution in [3.63, 3.8) is 0 Å². The lowest BCUT2D eigenvalue weighted by Crippen LogP contribution is -2.21. The largest absolute Gasteiger partial charge is 0.398 e. The van der Waals surface area contributed by atoms with Crippen LogP contribution in [0, 0.1) is 0 Å². The van der Waals surface area contributed by atoms with E-state index in [9.17, 15) is 4.79 Å². The second-order valence-electron chi connectivity index (χ2n) is 4.55. The Balaban J connectivity index is 2.44. The van der Waals surface area contributed by atoms with Gasteiger partial charge < -0.3 is 5.73 Å². The predicted molar refractivity (Wildman–Crippen MR) is 78.0 cm³/mol. The molecule has 100 valence electrons. The topological polar surface area (TPSA) is 60.9 Å². The van der Waals surface area contributed by atoms with E-state index in [1.54, 1.807) is 12.1 Å². The van der Waals surface area contributed by atoms with Gasteiger partial charge in [0.1, 0.15) is 0 Å². The monoisotopic (exact) mass is 257 g/mol. The molecule has 4 nitrogen and oxygen atoms in total. The van der Waals surface area contributed by atoms with Crippen molar-refractivity contribution in [2.45, 2.75) is 33.2 Å². The second kappa shape index (κ2) is 5.69. The molecule has 0 radical (unpaired) electrons. The van der Waals surface area contributed by atoms with Crippen molar-refractivity contribution in [2.24, 2.45) is 0 Å². The Kier molecular flexibility index (Phi) is 4.00. The van der Waals surface area contributed by atoms with Gasteiger partial charge in [0.15, 0.2) is 0 Å². The number of anilines is 1. The number of hydrogen-bond acceptors (Lipinski definition) is 3. The van der Waals surface area contributed by atoms with E-state index in [1.165, 1.54) is 4.68 Å². The summed E-state index contributed by atoms with van der Waals surface area (Å²) in [7, 11) is 0. The predicted octanol–water partition coefficient (Wildman–Crippen LogP) is 2.46. The van der Waals surface area contributed by atoms with Crippen LogP contribution in [-0.4, -0.2) is 9.78 Å². The quantitative estimate of drug-likeness (QED) is 0.856. The number of nitrogen functional groups attached to an aromatic ring is 1. The third-order valence-corrected chi connectivity index (χ3v) is 3.12. The minimum Gasteiger partial charge on any atom is -0.398 e. The lowest BCUT2D eigenvalue weighted by Gasteiger charge is -2.08. The maximum absolute atomic E-state index is 11.6. The fourth-order valence-corrected chi connectivity index (χ4v) is 2.05. The van der Waals surface area contributed by atoms with Crippen molar-refractivity contribution in [1.29, 1.82) is 0 Å². The highest BCUT2D eigenvalue weighted by Crippen LogP contribution is 2.22. The lowest BCUT2D eigenvalue weighted by molar-refractivity contribution is 0.570. The molecule has 0 unspecified atom stereocenters. The molecular weight excluding hydrogens is 238 g/mol. The molecule has 0 saturated heterocycles. The maximum atomic E-state index is 11.6. The Bertz CT molecular complexity index is 632. The van der Waals surface area contributed by atoms with Crippen molar-refractivity contribution in [2.75, 3.05) is 5.73 Å². The van der Waals surface area contributed by atoms with Crippen LogP contribution in [0.2, 0.25) is 0 Å². The summed E-state index contributed by atoms with van der Waals surface area (Å²) in [6, 6.07) is 9.23. The van der Waals surface area contributed by atoms with Gasteiger partial charge in [-0.2, -0.15) is 5.10 Å². The van der Waals surface area contributed by atoms with Crippen molar-refractivity contribution < 1.29 is 0 Å². The van der Waals surface area contributed by atoms with E-state index in [2.05, 4.69) is 12.0 Å². The number of nitrogens with two attached hydrogens (primary N) is 1.